The standard InChI is InChI=1S/C20H24N2O2/c1-4-15-10-12-16(13-11-15)19(23)21-18-9-7-8-17(14-18)20(24)22(5-2)6-3/h7-14H,4-6H2,1-3H3,(H,21,23). The van der Waals surface area contributed by atoms with Crippen molar-refractivity contribution in [1.82, 2.24) is 4.90 Å². The van der Waals surface area contributed by atoms with Crippen LogP contribution in [0.1, 0.15) is 47.1 Å². The van der Waals surface area contributed by atoms with Crippen molar-refractivity contribution in [3.63, 3.8) is 0 Å². The second kappa shape index (κ2) is 8.29. The summed E-state index contributed by atoms with van der Waals surface area (Å²) in [4.78, 5) is 26.5. The van der Waals surface area contributed by atoms with Crippen LogP contribution in [0.4, 0.5) is 5.69 Å². The molecule has 24 heavy (non-hydrogen) atoms. The largest absolute Gasteiger partial charge is 0.339 e. The molecule has 0 aliphatic carbocycles. The predicted octanol–water partition coefficient (Wildman–Crippen LogP) is 3.98. The number of aryl methyl sites for hydroxylation is 1. The van der Waals surface area contributed by atoms with Crippen molar-refractivity contribution in [3.8, 4) is 0 Å². The fourth-order valence-corrected chi connectivity index (χ4v) is 2.52. The van der Waals surface area contributed by atoms with Gasteiger partial charge in [0.25, 0.3) is 11.8 Å². The van der Waals surface area contributed by atoms with Gasteiger partial charge in [-0.15, -0.1) is 0 Å². The normalized spacial score (nSPS) is 10.3. The van der Waals surface area contributed by atoms with Gasteiger partial charge in [-0.05, 0) is 56.2 Å². The first kappa shape index (κ1) is 17.7. The Morgan fingerprint density at radius 3 is 2.17 bits per heavy atom. The van der Waals surface area contributed by atoms with Crippen molar-refractivity contribution in [2.24, 2.45) is 0 Å². The lowest BCUT2D eigenvalue weighted by molar-refractivity contribution is 0.0772. The fourth-order valence-electron chi connectivity index (χ4n) is 2.52. The number of anilines is 1. The van der Waals surface area contributed by atoms with E-state index in [0.29, 0.717) is 29.9 Å². The molecule has 0 atom stereocenters. The van der Waals surface area contributed by atoms with Gasteiger partial charge in [0, 0.05) is 29.9 Å². The number of hydrogen-bond donors (Lipinski definition) is 1. The number of benzene rings is 2. The van der Waals surface area contributed by atoms with Gasteiger partial charge in [-0.25, -0.2) is 0 Å². The monoisotopic (exact) mass is 324 g/mol. The molecule has 2 aromatic rings. The Hall–Kier alpha value is -2.62. The van der Waals surface area contributed by atoms with Crippen LogP contribution in [0.5, 0.6) is 0 Å². The molecule has 126 valence electrons. The van der Waals surface area contributed by atoms with E-state index >= 15 is 0 Å². The first-order chi connectivity index (χ1) is 11.6. The van der Waals surface area contributed by atoms with Crippen LogP contribution in [0.15, 0.2) is 48.5 Å². The molecule has 4 nitrogen and oxygen atoms in total. The minimum Gasteiger partial charge on any atom is -0.339 e. The molecule has 0 aliphatic heterocycles. The first-order valence-electron chi connectivity index (χ1n) is 8.38. The van der Waals surface area contributed by atoms with E-state index in [2.05, 4.69) is 12.2 Å². The van der Waals surface area contributed by atoms with Crippen molar-refractivity contribution in [3.05, 3.63) is 65.2 Å². The summed E-state index contributed by atoms with van der Waals surface area (Å²) in [5, 5.41) is 2.86. The third kappa shape index (κ3) is 4.22. The quantitative estimate of drug-likeness (QED) is 0.873. The molecule has 4 heteroatoms. The van der Waals surface area contributed by atoms with E-state index in [1.54, 1.807) is 29.2 Å². The molecular weight excluding hydrogens is 300 g/mol. The van der Waals surface area contributed by atoms with Crippen LogP contribution in [0, 0.1) is 0 Å². The zero-order chi connectivity index (χ0) is 17.5. The molecule has 1 N–H and O–H groups in total. The molecule has 0 aliphatic rings. The lowest BCUT2D eigenvalue weighted by Gasteiger charge is -2.19. The van der Waals surface area contributed by atoms with Crippen LogP contribution < -0.4 is 5.32 Å². The van der Waals surface area contributed by atoms with Gasteiger partial charge < -0.3 is 10.2 Å². The third-order valence-corrected chi connectivity index (χ3v) is 4.04. The van der Waals surface area contributed by atoms with E-state index in [9.17, 15) is 9.59 Å². The van der Waals surface area contributed by atoms with E-state index < -0.39 is 0 Å². The maximum atomic E-state index is 12.4. The second-order valence-corrected chi connectivity index (χ2v) is 5.56. The van der Waals surface area contributed by atoms with Gasteiger partial charge in [-0.3, -0.25) is 9.59 Å². The number of carbonyl (C=O) groups excluding carboxylic acids is 2. The number of carbonyl (C=O) groups is 2. The lowest BCUT2D eigenvalue weighted by atomic mass is 10.1. The number of amides is 2. The Labute approximate surface area is 143 Å². The van der Waals surface area contributed by atoms with Crippen molar-refractivity contribution in [1.29, 1.82) is 0 Å². The molecule has 0 bridgehead atoms. The zero-order valence-electron chi connectivity index (χ0n) is 14.5. The highest BCUT2D eigenvalue weighted by Gasteiger charge is 2.13. The average Bonchev–Trinajstić information content (AvgIpc) is 2.63. The molecule has 2 aromatic carbocycles. The molecule has 2 amide bonds. The summed E-state index contributed by atoms with van der Waals surface area (Å²) in [5.74, 6) is -0.200. The van der Waals surface area contributed by atoms with E-state index in [-0.39, 0.29) is 11.8 Å². The summed E-state index contributed by atoms with van der Waals surface area (Å²) >= 11 is 0. The van der Waals surface area contributed by atoms with Crippen LogP contribution in [0.25, 0.3) is 0 Å². The Bertz CT molecular complexity index is 704. The van der Waals surface area contributed by atoms with E-state index in [1.165, 1.54) is 5.56 Å². The van der Waals surface area contributed by atoms with Gasteiger partial charge in [0.2, 0.25) is 0 Å². The van der Waals surface area contributed by atoms with Gasteiger partial charge >= 0.3 is 0 Å². The second-order valence-electron chi connectivity index (χ2n) is 5.56. The topological polar surface area (TPSA) is 49.4 Å². The first-order valence-corrected chi connectivity index (χ1v) is 8.38. The van der Waals surface area contributed by atoms with Crippen LogP contribution in [-0.2, 0) is 6.42 Å². The van der Waals surface area contributed by atoms with Crippen molar-refractivity contribution >= 4 is 17.5 Å². The highest BCUT2D eigenvalue weighted by atomic mass is 16.2. The minimum atomic E-state index is -0.176. The smallest absolute Gasteiger partial charge is 0.255 e. The molecule has 0 spiro atoms. The van der Waals surface area contributed by atoms with E-state index in [0.717, 1.165) is 6.42 Å². The third-order valence-electron chi connectivity index (χ3n) is 4.04. The van der Waals surface area contributed by atoms with Gasteiger partial charge in [-0.2, -0.15) is 0 Å². The van der Waals surface area contributed by atoms with Crippen LogP contribution >= 0.6 is 0 Å². The molecule has 0 saturated heterocycles. The molecule has 0 saturated carbocycles. The Morgan fingerprint density at radius 2 is 1.58 bits per heavy atom. The number of rotatable bonds is 6. The maximum absolute atomic E-state index is 12.4. The SMILES string of the molecule is CCc1ccc(C(=O)Nc2cccc(C(=O)N(CC)CC)c2)cc1. The molecule has 2 rings (SSSR count). The summed E-state index contributed by atoms with van der Waals surface area (Å²) in [6.45, 7) is 7.30. The van der Waals surface area contributed by atoms with Crippen LogP contribution in [0.3, 0.4) is 0 Å². The van der Waals surface area contributed by atoms with E-state index in [1.807, 2.05) is 38.1 Å². The summed E-state index contributed by atoms with van der Waals surface area (Å²) in [6, 6.07) is 14.6. The summed E-state index contributed by atoms with van der Waals surface area (Å²) in [5.41, 5.74) is 3.00. The molecule has 0 heterocycles. The van der Waals surface area contributed by atoms with Gasteiger partial charge in [0.15, 0.2) is 0 Å². The highest BCUT2D eigenvalue weighted by Crippen LogP contribution is 2.15. The van der Waals surface area contributed by atoms with Crippen molar-refractivity contribution in [2.75, 3.05) is 18.4 Å². The maximum Gasteiger partial charge on any atom is 0.255 e. The number of hydrogen-bond acceptors (Lipinski definition) is 2. The summed E-state index contributed by atoms with van der Waals surface area (Å²) in [7, 11) is 0. The van der Waals surface area contributed by atoms with Gasteiger partial charge in [-0.1, -0.05) is 25.1 Å². The molecule has 0 radical (unpaired) electrons. The molecular formula is C20H24N2O2. The molecule has 0 unspecified atom stereocenters. The van der Waals surface area contributed by atoms with Crippen LogP contribution in [-0.4, -0.2) is 29.8 Å². The minimum absolute atomic E-state index is 0.0246. The Morgan fingerprint density at radius 1 is 0.917 bits per heavy atom. The number of nitrogens with one attached hydrogen (secondary N) is 1. The number of nitrogens with zero attached hydrogens (tertiary/aromatic N) is 1. The Balaban J connectivity index is 2.13. The predicted molar refractivity (Wildman–Crippen MR) is 97.5 cm³/mol. The van der Waals surface area contributed by atoms with Gasteiger partial charge in [0.05, 0.1) is 0 Å². The van der Waals surface area contributed by atoms with Crippen LogP contribution in [0.2, 0.25) is 0 Å². The highest BCUT2D eigenvalue weighted by molar-refractivity contribution is 6.05. The van der Waals surface area contributed by atoms with Crippen molar-refractivity contribution in [2.45, 2.75) is 27.2 Å². The molecule has 0 aromatic heterocycles. The van der Waals surface area contributed by atoms with E-state index in [4.69, 9.17) is 0 Å². The lowest BCUT2D eigenvalue weighted by Crippen LogP contribution is -2.30. The summed E-state index contributed by atoms with van der Waals surface area (Å²) < 4.78 is 0. The van der Waals surface area contributed by atoms with Crippen molar-refractivity contribution < 1.29 is 9.59 Å². The molecule has 0 fully saturated rings. The van der Waals surface area contributed by atoms with Gasteiger partial charge in [0.1, 0.15) is 0 Å². The zero-order valence-corrected chi connectivity index (χ0v) is 14.5. The summed E-state index contributed by atoms with van der Waals surface area (Å²) in [6.07, 6.45) is 0.942. The Kier molecular flexibility index (Phi) is 6.13. The average molecular weight is 324 g/mol. The fraction of sp³-hybridized carbons (Fsp3) is 0.300.